The van der Waals surface area contributed by atoms with Gasteiger partial charge in [-0.2, -0.15) is 0 Å². The third-order valence-electron chi connectivity index (χ3n) is 11.4. The molecule has 7 rings (SSSR count). The van der Waals surface area contributed by atoms with Crippen LogP contribution in [-0.2, 0) is 29.0 Å². The standard InChI is InChI=1S/C46H51N5O8Si/c1-30(52)57-39-37(27-56-46(32-17-13-10-14-18-32,33-19-23-35(54-5)24-20-33)34-21-25-36(55-6)26-22-34)58-44(40(39)59-60(7,8)45(2,3)4)51-29-49-38-41(47-28-48-42(38)51)50-43(53)31-15-11-9-12-16-31/h9-26,28-29,37,39-40,44H,27H2,1-8H3,(H,47,48,50,53)/t37-,39-,40-,44-/m1/s1. The van der Waals surface area contributed by atoms with Crippen LogP contribution in [0.5, 0.6) is 11.5 Å². The topological polar surface area (TPSA) is 145 Å². The van der Waals surface area contributed by atoms with Crippen LogP contribution in [0.25, 0.3) is 11.2 Å². The predicted molar refractivity (Wildman–Crippen MR) is 230 cm³/mol. The van der Waals surface area contributed by atoms with E-state index >= 15 is 0 Å². The number of ether oxygens (including phenoxy) is 5. The Morgan fingerprint density at radius 3 is 1.88 bits per heavy atom. The number of benzene rings is 4. The second kappa shape index (κ2) is 17.3. The second-order valence-corrected chi connectivity index (χ2v) is 20.9. The van der Waals surface area contributed by atoms with Crippen molar-refractivity contribution < 1.29 is 37.7 Å². The van der Waals surface area contributed by atoms with Crippen molar-refractivity contribution in [3.63, 3.8) is 0 Å². The molecule has 60 heavy (non-hydrogen) atoms. The number of anilines is 1. The van der Waals surface area contributed by atoms with Gasteiger partial charge in [-0.1, -0.05) is 93.6 Å². The van der Waals surface area contributed by atoms with Crippen molar-refractivity contribution in [3.05, 3.63) is 144 Å². The summed E-state index contributed by atoms with van der Waals surface area (Å²) in [6, 6.07) is 34.3. The average molecular weight is 830 g/mol. The van der Waals surface area contributed by atoms with Crippen molar-refractivity contribution in [1.29, 1.82) is 0 Å². The maximum atomic E-state index is 13.2. The largest absolute Gasteiger partial charge is 0.497 e. The maximum absolute atomic E-state index is 13.2. The summed E-state index contributed by atoms with van der Waals surface area (Å²) in [5.74, 6) is 0.773. The van der Waals surface area contributed by atoms with Crippen LogP contribution in [-0.4, -0.2) is 78.9 Å². The highest BCUT2D eigenvalue weighted by molar-refractivity contribution is 6.74. The maximum Gasteiger partial charge on any atom is 0.303 e. The summed E-state index contributed by atoms with van der Waals surface area (Å²) in [7, 11) is 0.674. The Hall–Kier alpha value is -5.93. The van der Waals surface area contributed by atoms with Gasteiger partial charge in [0.2, 0.25) is 0 Å². The van der Waals surface area contributed by atoms with Crippen molar-refractivity contribution in [1.82, 2.24) is 19.5 Å². The molecule has 1 amide bonds. The van der Waals surface area contributed by atoms with Crippen molar-refractivity contribution in [2.45, 2.75) is 76.0 Å². The smallest absolute Gasteiger partial charge is 0.303 e. The van der Waals surface area contributed by atoms with Gasteiger partial charge in [0.05, 0.1) is 27.2 Å². The van der Waals surface area contributed by atoms with Crippen molar-refractivity contribution in [2.75, 3.05) is 26.1 Å². The molecule has 4 aromatic carbocycles. The first kappa shape index (κ1) is 42.2. The third-order valence-corrected chi connectivity index (χ3v) is 15.8. The first-order valence-electron chi connectivity index (χ1n) is 19.8. The molecule has 0 radical (unpaired) electrons. The van der Waals surface area contributed by atoms with Gasteiger partial charge in [-0.25, -0.2) is 15.0 Å². The molecule has 0 spiro atoms. The number of rotatable bonds is 14. The molecule has 1 N–H and O–H groups in total. The summed E-state index contributed by atoms with van der Waals surface area (Å²) in [5.41, 5.74) is 2.54. The third kappa shape index (κ3) is 8.41. The van der Waals surface area contributed by atoms with Crippen molar-refractivity contribution >= 4 is 37.2 Å². The molecule has 1 saturated heterocycles. The normalized spacial score (nSPS) is 18.3. The number of carbonyl (C=O) groups is 2. The van der Waals surface area contributed by atoms with Gasteiger partial charge in [-0.05, 0) is 71.2 Å². The lowest BCUT2D eigenvalue weighted by atomic mass is 9.80. The quantitative estimate of drug-likeness (QED) is 0.0643. The van der Waals surface area contributed by atoms with E-state index in [0.717, 1.165) is 16.7 Å². The minimum Gasteiger partial charge on any atom is -0.497 e. The molecular formula is C46H51N5O8Si. The number of aromatic nitrogens is 4. The molecule has 0 saturated carbocycles. The number of nitrogens with zero attached hydrogens (tertiary/aromatic N) is 4. The zero-order valence-electron chi connectivity index (χ0n) is 35.1. The van der Waals surface area contributed by atoms with Crippen LogP contribution in [0.2, 0.25) is 18.1 Å². The van der Waals surface area contributed by atoms with Crippen LogP contribution in [0, 0.1) is 0 Å². The van der Waals surface area contributed by atoms with Crippen LogP contribution < -0.4 is 14.8 Å². The summed E-state index contributed by atoms with van der Waals surface area (Å²) in [5, 5.41) is 2.66. The van der Waals surface area contributed by atoms with E-state index in [1.807, 2.05) is 84.9 Å². The fourth-order valence-electron chi connectivity index (χ4n) is 7.22. The Labute approximate surface area is 351 Å². The summed E-state index contributed by atoms with van der Waals surface area (Å²) < 4.78 is 40.5. The lowest BCUT2D eigenvalue weighted by Crippen LogP contribution is -2.50. The zero-order chi connectivity index (χ0) is 42.7. The molecular weight excluding hydrogens is 779 g/mol. The second-order valence-electron chi connectivity index (χ2n) is 16.2. The van der Waals surface area contributed by atoms with E-state index in [2.05, 4.69) is 54.1 Å². The summed E-state index contributed by atoms with van der Waals surface area (Å²) in [6.45, 7) is 12.0. The highest BCUT2D eigenvalue weighted by atomic mass is 28.4. The molecule has 1 fully saturated rings. The number of hydrogen-bond acceptors (Lipinski definition) is 11. The van der Waals surface area contributed by atoms with Gasteiger partial charge in [0.15, 0.2) is 37.6 Å². The van der Waals surface area contributed by atoms with E-state index in [-0.39, 0.29) is 23.4 Å². The van der Waals surface area contributed by atoms with E-state index in [1.165, 1.54) is 13.3 Å². The van der Waals surface area contributed by atoms with Crippen molar-refractivity contribution in [2.24, 2.45) is 0 Å². The SMILES string of the molecule is COc1ccc(C(OC[C@H]2O[C@@H](n3cnc4c(NC(=O)c5ccccc5)ncnc43)[C@H](O[Si](C)(C)C(C)(C)C)[C@@H]2OC(C)=O)(c2ccccc2)c2ccc(OC)cc2)cc1. The number of nitrogens with one attached hydrogen (secondary N) is 1. The molecule has 13 nitrogen and oxygen atoms in total. The minimum absolute atomic E-state index is 0.0429. The van der Waals surface area contributed by atoms with E-state index in [4.69, 9.17) is 28.1 Å². The lowest BCUT2D eigenvalue weighted by molar-refractivity contribution is -0.155. The first-order chi connectivity index (χ1) is 28.8. The van der Waals surface area contributed by atoms with Crippen LogP contribution in [0.15, 0.2) is 122 Å². The van der Waals surface area contributed by atoms with Crippen LogP contribution in [0.3, 0.4) is 0 Å². The van der Waals surface area contributed by atoms with Gasteiger partial charge in [0, 0.05) is 12.5 Å². The van der Waals surface area contributed by atoms with Gasteiger partial charge in [-0.15, -0.1) is 0 Å². The van der Waals surface area contributed by atoms with Crippen LogP contribution in [0.4, 0.5) is 5.82 Å². The van der Waals surface area contributed by atoms with Gasteiger partial charge >= 0.3 is 5.97 Å². The molecule has 4 atom stereocenters. The number of esters is 1. The molecule has 14 heteroatoms. The van der Waals surface area contributed by atoms with E-state index in [1.54, 1.807) is 49.4 Å². The number of imidazole rings is 1. The average Bonchev–Trinajstić information content (AvgIpc) is 3.82. The van der Waals surface area contributed by atoms with E-state index < -0.39 is 44.4 Å². The van der Waals surface area contributed by atoms with Crippen LogP contribution in [0.1, 0.15) is 61.0 Å². The Balaban J connectivity index is 1.33. The summed E-state index contributed by atoms with van der Waals surface area (Å²) >= 11 is 0. The Kier molecular flexibility index (Phi) is 12.2. The minimum atomic E-state index is -2.58. The predicted octanol–water partition coefficient (Wildman–Crippen LogP) is 8.32. The molecule has 1 aliphatic rings. The molecule has 2 aromatic heterocycles. The number of carbonyl (C=O) groups excluding carboxylic acids is 2. The first-order valence-corrected chi connectivity index (χ1v) is 22.7. The molecule has 0 unspecified atom stereocenters. The monoisotopic (exact) mass is 829 g/mol. The highest BCUT2D eigenvalue weighted by Crippen LogP contribution is 2.46. The fourth-order valence-corrected chi connectivity index (χ4v) is 8.51. The molecule has 6 aromatic rings. The van der Waals surface area contributed by atoms with E-state index in [9.17, 15) is 9.59 Å². The fraction of sp³-hybridized carbons (Fsp3) is 0.326. The Morgan fingerprint density at radius 2 is 1.33 bits per heavy atom. The Morgan fingerprint density at radius 1 is 0.767 bits per heavy atom. The summed E-state index contributed by atoms with van der Waals surface area (Å²) in [6.07, 6.45) is -0.513. The molecule has 1 aliphatic heterocycles. The Bertz CT molecular complexity index is 2360. The van der Waals surface area contributed by atoms with Crippen LogP contribution >= 0.6 is 0 Å². The lowest BCUT2D eigenvalue weighted by Gasteiger charge is -2.40. The van der Waals surface area contributed by atoms with Gasteiger partial charge < -0.3 is 33.4 Å². The summed E-state index contributed by atoms with van der Waals surface area (Å²) in [4.78, 5) is 39.9. The van der Waals surface area contributed by atoms with E-state index in [0.29, 0.717) is 28.2 Å². The molecule has 312 valence electrons. The molecule has 0 aliphatic carbocycles. The number of fused-ring (bicyclic) bond motifs is 1. The zero-order valence-corrected chi connectivity index (χ0v) is 36.1. The number of amides is 1. The van der Waals surface area contributed by atoms with Crippen molar-refractivity contribution in [3.8, 4) is 11.5 Å². The van der Waals surface area contributed by atoms with Gasteiger partial charge in [0.1, 0.15) is 35.6 Å². The number of hydrogen-bond donors (Lipinski definition) is 1. The molecule has 3 heterocycles. The molecule has 0 bridgehead atoms. The number of methoxy groups -OCH3 is 2. The van der Waals surface area contributed by atoms with Gasteiger partial charge in [-0.3, -0.25) is 14.2 Å². The highest BCUT2D eigenvalue weighted by Gasteiger charge is 2.54. The van der Waals surface area contributed by atoms with Gasteiger partial charge in [0.25, 0.3) is 5.91 Å².